The average molecular weight is 767 g/mol. The number of rotatable bonds is 6. The molecule has 0 fully saturated rings. The highest BCUT2D eigenvalue weighted by atomic mass is 32.2. The van der Waals surface area contributed by atoms with Crippen molar-refractivity contribution in [3.05, 3.63) is 48.5 Å². The van der Waals surface area contributed by atoms with Crippen molar-refractivity contribution in [3.8, 4) is 0 Å². The molecule has 0 aliphatic heterocycles. The standard InChI is InChI=1S/2C10H9NO9S3/c11-5-1-7-8(9(2-5)22(15,16)17)3-6(21(12,13)14)4-10(7)23(18,19)20;11-8-3-6(21(12,13)14)1-5-2-7(22(15,16)17)4-9(10(5)8)23(18,19)20/h2*1-4H,11H2,(H,12,13,14)(H,15,16,17)(H,18,19,20). The van der Waals surface area contributed by atoms with Crippen molar-refractivity contribution in [1.82, 2.24) is 0 Å². The van der Waals surface area contributed by atoms with Crippen LogP contribution in [-0.4, -0.2) is 77.8 Å². The maximum absolute atomic E-state index is 11.4. The minimum absolute atomic E-state index is 0.269. The first kappa shape index (κ1) is 36.9. The van der Waals surface area contributed by atoms with Crippen LogP contribution in [0.15, 0.2) is 77.9 Å². The fourth-order valence-electron chi connectivity index (χ4n) is 3.92. The maximum atomic E-state index is 11.4. The first-order chi connectivity index (χ1) is 20.4. The molecule has 0 spiro atoms. The van der Waals surface area contributed by atoms with Gasteiger partial charge in [-0.3, -0.25) is 27.3 Å². The Hall–Kier alpha value is -3.54. The molecule has 0 radical (unpaired) electrons. The first-order valence-corrected chi connectivity index (χ1v) is 19.7. The van der Waals surface area contributed by atoms with E-state index in [1.165, 1.54) is 0 Å². The number of nitrogens with two attached hydrogens (primary N) is 2. The van der Waals surface area contributed by atoms with Gasteiger partial charge in [0.15, 0.2) is 0 Å². The Morgan fingerprint density at radius 2 is 0.739 bits per heavy atom. The van der Waals surface area contributed by atoms with Crippen LogP contribution in [0.3, 0.4) is 0 Å². The van der Waals surface area contributed by atoms with Gasteiger partial charge in [-0.05, 0) is 53.9 Å². The lowest BCUT2D eigenvalue weighted by Gasteiger charge is -2.11. The predicted octanol–water partition coefficient (Wildman–Crippen LogP) is 0.324. The number of hydrogen-bond donors (Lipinski definition) is 8. The third-order valence-electron chi connectivity index (χ3n) is 5.71. The summed E-state index contributed by atoms with van der Waals surface area (Å²) in [5.41, 5.74) is 10.3. The van der Waals surface area contributed by atoms with Gasteiger partial charge in [0.1, 0.15) is 14.7 Å². The summed E-state index contributed by atoms with van der Waals surface area (Å²) in [4.78, 5) is -5.46. The topological polar surface area (TPSA) is 378 Å². The van der Waals surface area contributed by atoms with Crippen molar-refractivity contribution in [2.75, 3.05) is 11.5 Å². The Kier molecular flexibility index (Phi) is 9.32. The number of nitrogen functional groups attached to an aromatic ring is 2. The monoisotopic (exact) mass is 766 g/mol. The second-order valence-corrected chi connectivity index (χ2v) is 17.4. The molecular weight excluding hydrogens is 749 g/mol. The summed E-state index contributed by atoms with van der Waals surface area (Å²) in [6, 6.07) is 5.47. The molecule has 0 aliphatic rings. The second kappa shape index (κ2) is 11.6. The van der Waals surface area contributed by atoms with Crippen molar-refractivity contribution >= 4 is 93.6 Å². The highest BCUT2D eigenvalue weighted by molar-refractivity contribution is 7.87. The van der Waals surface area contributed by atoms with Crippen molar-refractivity contribution < 1.29 is 77.8 Å². The molecule has 0 saturated carbocycles. The van der Waals surface area contributed by atoms with E-state index in [0.29, 0.717) is 18.2 Å². The van der Waals surface area contributed by atoms with Crippen molar-refractivity contribution in [2.45, 2.75) is 29.4 Å². The molecule has 10 N–H and O–H groups in total. The van der Waals surface area contributed by atoms with Gasteiger partial charge in [0, 0.05) is 27.5 Å². The molecule has 20 nitrogen and oxygen atoms in total. The van der Waals surface area contributed by atoms with Gasteiger partial charge < -0.3 is 11.5 Å². The largest absolute Gasteiger partial charge is 0.399 e. The average Bonchev–Trinajstić information content (AvgIpc) is 2.83. The summed E-state index contributed by atoms with van der Waals surface area (Å²) in [5.74, 6) is 0. The van der Waals surface area contributed by atoms with Crippen LogP contribution in [0.2, 0.25) is 0 Å². The smallest absolute Gasteiger partial charge is 0.295 e. The van der Waals surface area contributed by atoms with Gasteiger partial charge in [-0.2, -0.15) is 50.5 Å². The van der Waals surface area contributed by atoms with Crippen LogP contribution in [0.5, 0.6) is 0 Å². The molecule has 4 aromatic carbocycles. The van der Waals surface area contributed by atoms with E-state index in [2.05, 4.69) is 0 Å². The summed E-state index contributed by atoms with van der Waals surface area (Å²) in [6.07, 6.45) is 0. The van der Waals surface area contributed by atoms with Gasteiger partial charge in [-0.25, -0.2) is 0 Å². The van der Waals surface area contributed by atoms with Crippen LogP contribution in [0.25, 0.3) is 21.5 Å². The lowest BCUT2D eigenvalue weighted by Crippen LogP contribution is -2.07. The van der Waals surface area contributed by atoms with E-state index < -0.39 is 107 Å². The van der Waals surface area contributed by atoms with E-state index in [4.69, 9.17) is 25.1 Å². The van der Waals surface area contributed by atoms with Crippen molar-refractivity contribution in [3.63, 3.8) is 0 Å². The minimum atomic E-state index is -5.00. The molecule has 0 atom stereocenters. The van der Waals surface area contributed by atoms with Crippen molar-refractivity contribution in [1.29, 1.82) is 0 Å². The predicted molar refractivity (Wildman–Crippen MR) is 156 cm³/mol. The normalized spacial score (nSPS) is 13.3. The molecular formula is C20H18N2O18S6. The third-order valence-corrected chi connectivity index (χ3v) is 10.9. The lowest BCUT2D eigenvalue weighted by molar-refractivity contribution is 0.477. The second-order valence-electron chi connectivity index (χ2n) is 8.92. The van der Waals surface area contributed by atoms with Crippen molar-refractivity contribution in [2.24, 2.45) is 0 Å². The molecule has 26 heteroatoms. The molecule has 0 bridgehead atoms. The van der Waals surface area contributed by atoms with E-state index in [9.17, 15) is 64.2 Å². The van der Waals surface area contributed by atoms with Gasteiger partial charge in [0.25, 0.3) is 60.7 Å². The van der Waals surface area contributed by atoms with Crippen LogP contribution >= 0.6 is 0 Å². The van der Waals surface area contributed by atoms with Crippen LogP contribution in [-0.2, 0) is 60.7 Å². The molecule has 0 aliphatic carbocycles. The third kappa shape index (κ3) is 8.05. The Bertz CT molecular complexity index is 2630. The fourth-order valence-corrected chi connectivity index (χ4v) is 7.92. The summed E-state index contributed by atoms with van der Waals surface area (Å²) in [5, 5.41) is -1.73. The van der Waals surface area contributed by atoms with E-state index in [0.717, 1.165) is 30.3 Å². The SMILES string of the molecule is Nc1cc(S(=O)(=O)O)c2cc(S(=O)(=O)O)cc(S(=O)(=O)O)c2c1.Nc1cc(S(=O)(=O)O)cc2cc(S(=O)(=O)O)cc(S(=O)(=O)O)c12. The van der Waals surface area contributed by atoms with E-state index in [1.54, 1.807) is 0 Å². The minimum Gasteiger partial charge on any atom is -0.399 e. The van der Waals surface area contributed by atoms with Crippen LogP contribution < -0.4 is 11.5 Å². The molecule has 4 rings (SSSR count). The molecule has 4 aromatic rings. The highest BCUT2D eigenvalue weighted by Crippen LogP contribution is 2.35. The Labute approximate surface area is 259 Å². The molecule has 46 heavy (non-hydrogen) atoms. The van der Waals surface area contributed by atoms with Gasteiger partial charge in [0.05, 0.1) is 14.7 Å². The zero-order valence-electron chi connectivity index (χ0n) is 21.8. The Balaban J connectivity index is 0.000000250. The lowest BCUT2D eigenvalue weighted by atomic mass is 10.1. The number of fused-ring (bicyclic) bond motifs is 2. The van der Waals surface area contributed by atoms with Crippen LogP contribution in [0.1, 0.15) is 0 Å². The van der Waals surface area contributed by atoms with Gasteiger partial charge in [-0.1, -0.05) is 0 Å². The van der Waals surface area contributed by atoms with Crippen LogP contribution in [0, 0.1) is 0 Å². The summed E-state index contributed by atoms with van der Waals surface area (Å²) >= 11 is 0. The van der Waals surface area contributed by atoms with Gasteiger partial charge >= 0.3 is 0 Å². The quantitative estimate of drug-likeness (QED) is 0.0967. The molecule has 0 aromatic heterocycles. The zero-order chi connectivity index (χ0) is 35.6. The summed E-state index contributed by atoms with van der Waals surface area (Å²) in [6.45, 7) is 0. The van der Waals surface area contributed by atoms with Gasteiger partial charge in [0.2, 0.25) is 0 Å². The number of benzene rings is 4. The number of anilines is 2. The molecule has 252 valence electrons. The molecule has 0 heterocycles. The Morgan fingerprint density at radius 3 is 1.15 bits per heavy atom. The first-order valence-electron chi connectivity index (χ1n) is 11.0. The fraction of sp³-hybridized carbons (Fsp3) is 0. The maximum Gasteiger partial charge on any atom is 0.295 e. The van der Waals surface area contributed by atoms with E-state index in [1.807, 2.05) is 0 Å². The highest BCUT2D eigenvalue weighted by Gasteiger charge is 2.26. The van der Waals surface area contributed by atoms with Gasteiger partial charge in [-0.15, -0.1) is 0 Å². The molecule has 0 amide bonds. The summed E-state index contributed by atoms with van der Waals surface area (Å²) in [7, 11) is -29.4. The molecule has 0 saturated heterocycles. The van der Waals surface area contributed by atoms with Crippen LogP contribution in [0.4, 0.5) is 11.4 Å². The summed E-state index contributed by atoms with van der Waals surface area (Å²) < 4.78 is 190. The Morgan fingerprint density at radius 1 is 0.391 bits per heavy atom. The van der Waals surface area contributed by atoms with E-state index >= 15 is 0 Å². The zero-order valence-corrected chi connectivity index (χ0v) is 26.7. The molecule has 0 unspecified atom stereocenters. The number of hydrogen-bond acceptors (Lipinski definition) is 14. The van der Waals surface area contributed by atoms with E-state index in [-0.39, 0.29) is 16.5 Å².